The lowest BCUT2D eigenvalue weighted by molar-refractivity contribution is -0.385. The number of nitrogens with two attached hydrogens (primary N) is 1. The van der Waals surface area contributed by atoms with Gasteiger partial charge in [-0.25, -0.2) is 4.98 Å². The van der Waals surface area contributed by atoms with Crippen molar-refractivity contribution >= 4 is 11.5 Å². The number of nitrogens with zero attached hydrogens (tertiary/aromatic N) is 3. The third kappa shape index (κ3) is 3.01. The van der Waals surface area contributed by atoms with Crippen molar-refractivity contribution in [2.75, 3.05) is 18.0 Å². The van der Waals surface area contributed by atoms with Crippen LogP contribution in [0.4, 0.5) is 11.5 Å². The van der Waals surface area contributed by atoms with Crippen molar-refractivity contribution in [1.82, 2.24) is 4.98 Å². The first kappa shape index (κ1) is 13.7. The van der Waals surface area contributed by atoms with E-state index in [2.05, 4.69) is 9.88 Å². The summed E-state index contributed by atoms with van der Waals surface area (Å²) in [6.45, 7) is 5.59. The van der Waals surface area contributed by atoms with E-state index in [0.717, 1.165) is 31.7 Å². The quantitative estimate of drug-likeness (QED) is 0.665. The number of hydrogen-bond donors (Lipinski definition) is 1. The maximum absolute atomic E-state index is 10.8. The van der Waals surface area contributed by atoms with Gasteiger partial charge in [0.2, 0.25) is 0 Å². The monoisotopic (exact) mass is 264 g/mol. The van der Waals surface area contributed by atoms with Crippen LogP contribution in [0.1, 0.15) is 25.3 Å². The third-order valence-corrected chi connectivity index (χ3v) is 3.79. The zero-order valence-electron chi connectivity index (χ0n) is 11.4. The van der Waals surface area contributed by atoms with Gasteiger partial charge in [-0.2, -0.15) is 0 Å². The van der Waals surface area contributed by atoms with Crippen LogP contribution in [0.3, 0.4) is 0 Å². The molecule has 2 unspecified atom stereocenters. The topological polar surface area (TPSA) is 85.3 Å². The Hall–Kier alpha value is -1.69. The second-order valence-electron chi connectivity index (χ2n) is 5.29. The van der Waals surface area contributed by atoms with Crippen LogP contribution in [0.2, 0.25) is 0 Å². The first-order valence-electron chi connectivity index (χ1n) is 6.60. The van der Waals surface area contributed by atoms with Crippen LogP contribution >= 0.6 is 0 Å². The Morgan fingerprint density at radius 1 is 1.63 bits per heavy atom. The molecule has 1 aliphatic rings. The Kier molecular flexibility index (Phi) is 3.99. The first-order valence-corrected chi connectivity index (χ1v) is 6.60. The van der Waals surface area contributed by atoms with Gasteiger partial charge in [0.25, 0.3) is 5.69 Å². The van der Waals surface area contributed by atoms with Crippen LogP contribution in [0, 0.1) is 23.0 Å². The van der Waals surface area contributed by atoms with Crippen molar-refractivity contribution in [2.45, 2.75) is 32.7 Å². The molecule has 6 nitrogen and oxygen atoms in total. The van der Waals surface area contributed by atoms with E-state index in [9.17, 15) is 10.1 Å². The number of aryl methyl sites for hydroxylation is 1. The minimum atomic E-state index is -0.396. The minimum Gasteiger partial charge on any atom is -0.356 e. The molecule has 1 aliphatic heterocycles. The molecule has 2 atom stereocenters. The van der Waals surface area contributed by atoms with Gasteiger partial charge in [-0.1, -0.05) is 0 Å². The number of rotatable bonds is 3. The highest BCUT2D eigenvalue weighted by atomic mass is 16.6. The van der Waals surface area contributed by atoms with Crippen LogP contribution < -0.4 is 10.6 Å². The Morgan fingerprint density at radius 2 is 2.37 bits per heavy atom. The molecule has 104 valence electrons. The summed E-state index contributed by atoms with van der Waals surface area (Å²) in [5, 5.41) is 10.8. The highest BCUT2D eigenvalue weighted by Crippen LogP contribution is 2.26. The fourth-order valence-corrected chi connectivity index (χ4v) is 2.55. The van der Waals surface area contributed by atoms with Crippen LogP contribution in [0.5, 0.6) is 0 Å². The molecule has 19 heavy (non-hydrogen) atoms. The van der Waals surface area contributed by atoms with Crippen molar-refractivity contribution in [3.05, 3.63) is 27.9 Å². The maximum Gasteiger partial charge on any atom is 0.290 e. The van der Waals surface area contributed by atoms with Crippen LogP contribution in [0.15, 0.2) is 12.3 Å². The standard InChI is InChI=1S/C13H20N4O2/c1-9-6-13(15-7-12(9)17(18)19)16-5-3-4-11(8-16)10(2)14/h6-7,10-11H,3-5,8,14H2,1-2H3. The smallest absolute Gasteiger partial charge is 0.290 e. The summed E-state index contributed by atoms with van der Waals surface area (Å²) in [7, 11) is 0. The number of nitro groups is 1. The zero-order chi connectivity index (χ0) is 14.0. The molecule has 1 fully saturated rings. The molecule has 1 aromatic heterocycles. The van der Waals surface area contributed by atoms with Crippen LogP contribution in [-0.2, 0) is 0 Å². The van der Waals surface area contributed by atoms with E-state index in [1.165, 1.54) is 6.20 Å². The summed E-state index contributed by atoms with van der Waals surface area (Å²) in [4.78, 5) is 16.8. The van der Waals surface area contributed by atoms with Gasteiger partial charge in [0.05, 0.1) is 4.92 Å². The molecular formula is C13H20N4O2. The predicted octanol–water partition coefficient (Wildman–Crippen LogP) is 1.86. The van der Waals surface area contributed by atoms with E-state index >= 15 is 0 Å². The summed E-state index contributed by atoms with van der Waals surface area (Å²) in [6, 6.07) is 1.96. The Morgan fingerprint density at radius 3 is 2.95 bits per heavy atom. The van der Waals surface area contributed by atoms with E-state index < -0.39 is 4.92 Å². The average molecular weight is 264 g/mol. The van der Waals surface area contributed by atoms with E-state index in [4.69, 9.17) is 5.73 Å². The third-order valence-electron chi connectivity index (χ3n) is 3.79. The summed E-state index contributed by atoms with van der Waals surface area (Å²) in [5.74, 6) is 1.28. The van der Waals surface area contributed by atoms with Gasteiger partial charge >= 0.3 is 0 Å². The van der Waals surface area contributed by atoms with Gasteiger partial charge < -0.3 is 10.6 Å². The van der Waals surface area contributed by atoms with Crippen molar-refractivity contribution in [2.24, 2.45) is 11.7 Å². The molecule has 2 N–H and O–H groups in total. The van der Waals surface area contributed by atoms with Crippen molar-refractivity contribution in [1.29, 1.82) is 0 Å². The van der Waals surface area contributed by atoms with Gasteiger partial charge in [0.1, 0.15) is 12.0 Å². The van der Waals surface area contributed by atoms with Crippen LogP contribution in [0.25, 0.3) is 0 Å². The molecule has 0 amide bonds. The molecule has 0 spiro atoms. The van der Waals surface area contributed by atoms with Crippen molar-refractivity contribution in [3.8, 4) is 0 Å². The molecule has 0 aromatic carbocycles. The fourth-order valence-electron chi connectivity index (χ4n) is 2.55. The lowest BCUT2D eigenvalue weighted by Crippen LogP contribution is -2.42. The Balaban J connectivity index is 2.18. The van der Waals surface area contributed by atoms with Gasteiger partial charge in [0, 0.05) is 24.7 Å². The SMILES string of the molecule is Cc1cc(N2CCCC(C(C)N)C2)ncc1[N+](=O)[O-]. The molecule has 0 radical (unpaired) electrons. The highest BCUT2D eigenvalue weighted by molar-refractivity contribution is 5.48. The highest BCUT2D eigenvalue weighted by Gasteiger charge is 2.24. The van der Waals surface area contributed by atoms with Crippen molar-refractivity contribution < 1.29 is 4.92 Å². The maximum atomic E-state index is 10.8. The summed E-state index contributed by atoms with van der Waals surface area (Å²) in [6.07, 6.45) is 3.57. The van der Waals surface area contributed by atoms with Gasteiger partial charge in [-0.15, -0.1) is 0 Å². The van der Waals surface area contributed by atoms with E-state index in [1.807, 2.05) is 6.92 Å². The fraction of sp³-hybridized carbons (Fsp3) is 0.615. The Bertz CT molecular complexity index is 476. The molecule has 1 saturated heterocycles. The normalized spacial score (nSPS) is 21.2. The lowest BCUT2D eigenvalue weighted by Gasteiger charge is -2.35. The second-order valence-corrected chi connectivity index (χ2v) is 5.29. The molecule has 2 rings (SSSR count). The molecular weight excluding hydrogens is 244 g/mol. The van der Waals surface area contributed by atoms with E-state index in [0.29, 0.717) is 11.5 Å². The minimum absolute atomic E-state index is 0.0736. The second kappa shape index (κ2) is 5.52. The zero-order valence-corrected chi connectivity index (χ0v) is 11.4. The number of hydrogen-bond acceptors (Lipinski definition) is 5. The molecule has 2 heterocycles. The van der Waals surface area contributed by atoms with Crippen LogP contribution in [-0.4, -0.2) is 29.0 Å². The number of aromatic nitrogens is 1. The van der Waals surface area contributed by atoms with E-state index in [-0.39, 0.29) is 11.7 Å². The van der Waals surface area contributed by atoms with Crippen molar-refractivity contribution in [3.63, 3.8) is 0 Å². The molecule has 0 bridgehead atoms. The summed E-state index contributed by atoms with van der Waals surface area (Å²) < 4.78 is 0. The number of pyridine rings is 1. The number of anilines is 1. The Labute approximate surface area is 112 Å². The molecule has 1 aromatic rings. The predicted molar refractivity (Wildman–Crippen MR) is 74.2 cm³/mol. The van der Waals surface area contributed by atoms with Gasteiger partial charge in [-0.05, 0) is 38.7 Å². The average Bonchev–Trinajstić information content (AvgIpc) is 2.38. The first-order chi connectivity index (χ1) is 8.99. The molecule has 0 saturated carbocycles. The number of piperidine rings is 1. The molecule has 0 aliphatic carbocycles. The molecule has 6 heteroatoms. The van der Waals surface area contributed by atoms with Gasteiger partial charge in [-0.3, -0.25) is 10.1 Å². The largest absolute Gasteiger partial charge is 0.356 e. The van der Waals surface area contributed by atoms with E-state index in [1.54, 1.807) is 13.0 Å². The summed E-state index contributed by atoms with van der Waals surface area (Å²) >= 11 is 0. The van der Waals surface area contributed by atoms with Gasteiger partial charge in [0.15, 0.2) is 0 Å². The lowest BCUT2D eigenvalue weighted by atomic mass is 9.92. The summed E-state index contributed by atoms with van der Waals surface area (Å²) in [5.41, 5.74) is 6.69.